The molecule has 1 aliphatic rings. The van der Waals surface area contributed by atoms with Crippen LogP contribution in [0.1, 0.15) is 17.2 Å². The first kappa shape index (κ1) is 14.6. The molecule has 0 aliphatic carbocycles. The number of aromatic amines is 1. The lowest BCUT2D eigenvalue weighted by molar-refractivity contribution is 0.139. The number of nitrogens with one attached hydrogen (secondary N) is 2. The van der Waals surface area contributed by atoms with E-state index in [1.165, 1.54) is 4.88 Å². The lowest BCUT2D eigenvalue weighted by Gasteiger charge is -2.07. The number of fused-ring (bicyclic) bond motifs is 1. The zero-order chi connectivity index (χ0) is 15.5. The highest BCUT2D eigenvalue weighted by Crippen LogP contribution is 2.25. The van der Waals surface area contributed by atoms with E-state index in [4.69, 9.17) is 4.74 Å². The molecule has 0 amide bonds. The molecule has 1 aliphatic heterocycles. The second-order valence-corrected chi connectivity index (χ2v) is 6.35. The minimum Gasteiger partial charge on any atom is -0.379 e. The van der Waals surface area contributed by atoms with Gasteiger partial charge in [-0.05, 0) is 11.4 Å². The van der Waals surface area contributed by atoms with Crippen molar-refractivity contribution in [3.05, 3.63) is 40.9 Å². The molecule has 0 saturated carbocycles. The van der Waals surface area contributed by atoms with Crippen molar-refractivity contribution >= 4 is 11.3 Å². The van der Waals surface area contributed by atoms with E-state index in [1.807, 2.05) is 12.3 Å². The molecule has 4 rings (SSSR count). The third-order valence-corrected chi connectivity index (χ3v) is 4.80. The summed E-state index contributed by atoms with van der Waals surface area (Å²) in [6.45, 7) is 3.70. The summed E-state index contributed by atoms with van der Waals surface area (Å²) in [6.07, 6.45) is 2.71. The van der Waals surface area contributed by atoms with Gasteiger partial charge in [-0.25, -0.2) is 0 Å². The van der Waals surface area contributed by atoms with E-state index >= 15 is 0 Å². The molecule has 3 aromatic heterocycles. The fourth-order valence-electron chi connectivity index (χ4n) is 2.76. The summed E-state index contributed by atoms with van der Waals surface area (Å²) in [7, 11) is 0. The van der Waals surface area contributed by atoms with Gasteiger partial charge in [-0.1, -0.05) is 6.07 Å². The van der Waals surface area contributed by atoms with Crippen LogP contribution in [0.4, 0.5) is 0 Å². The molecule has 0 atom stereocenters. The maximum Gasteiger partial charge on any atom is 0.147 e. The topological polar surface area (TPSA) is 80.7 Å². The Hall–Kier alpha value is -2.03. The molecule has 0 saturated heterocycles. The van der Waals surface area contributed by atoms with Crippen LogP contribution in [-0.4, -0.2) is 38.2 Å². The number of ether oxygens (including phenoxy) is 1. The van der Waals surface area contributed by atoms with Gasteiger partial charge in [0.25, 0.3) is 0 Å². The van der Waals surface area contributed by atoms with Crippen LogP contribution in [0.2, 0.25) is 0 Å². The van der Waals surface area contributed by atoms with Gasteiger partial charge in [-0.15, -0.1) is 21.5 Å². The van der Waals surface area contributed by atoms with E-state index in [2.05, 4.69) is 41.7 Å². The summed E-state index contributed by atoms with van der Waals surface area (Å²) < 4.78 is 7.65. The lowest BCUT2D eigenvalue weighted by atomic mass is 10.2. The van der Waals surface area contributed by atoms with Gasteiger partial charge in [-0.3, -0.25) is 5.10 Å². The molecule has 3 aromatic rings. The lowest BCUT2D eigenvalue weighted by Crippen LogP contribution is -2.18. The van der Waals surface area contributed by atoms with Crippen molar-refractivity contribution in [1.29, 1.82) is 0 Å². The van der Waals surface area contributed by atoms with Crippen molar-refractivity contribution < 1.29 is 4.74 Å². The molecule has 7 nitrogen and oxygen atoms in total. The second-order valence-electron chi connectivity index (χ2n) is 5.40. The molecule has 0 bridgehead atoms. The van der Waals surface area contributed by atoms with Crippen LogP contribution in [0.25, 0.3) is 10.6 Å². The Morgan fingerprint density at radius 1 is 1.30 bits per heavy atom. The third kappa shape index (κ3) is 3.05. The molecule has 0 aromatic carbocycles. The summed E-state index contributed by atoms with van der Waals surface area (Å²) in [5.41, 5.74) is 2.24. The summed E-state index contributed by atoms with van der Waals surface area (Å²) in [5, 5.41) is 21.3. The minimum absolute atomic E-state index is 0.683. The molecule has 8 heteroatoms. The average molecular weight is 330 g/mol. The van der Waals surface area contributed by atoms with Crippen LogP contribution in [0, 0.1) is 0 Å². The van der Waals surface area contributed by atoms with Gasteiger partial charge >= 0.3 is 0 Å². The third-order valence-electron chi connectivity index (χ3n) is 3.92. The number of hydrogen-bond donors (Lipinski definition) is 2. The van der Waals surface area contributed by atoms with E-state index in [1.54, 1.807) is 11.3 Å². The largest absolute Gasteiger partial charge is 0.379 e. The smallest absolute Gasteiger partial charge is 0.147 e. The molecule has 0 unspecified atom stereocenters. The number of thiophene rings is 1. The van der Waals surface area contributed by atoms with E-state index in [9.17, 15) is 0 Å². The summed E-state index contributed by atoms with van der Waals surface area (Å²) >= 11 is 1.71. The normalized spacial score (nSPS) is 14.6. The molecule has 0 radical (unpaired) electrons. The number of aromatic nitrogens is 5. The van der Waals surface area contributed by atoms with Crippen molar-refractivity contribution in [2.75, 3.05) is 13.2 Å². The molecular formula is C15H18N6OS. The number of H-pyrrole nitrogens is 1. The van der Waals surface area contributed by atoms with Crippen LogP contribution in [-0.2, 0) is 30.8 Å². The maximum absolute atomic E-state index is 5.49. The van der Waals surface area contributed by atoms with Crippen molar-refractivity contribution in [2.24, 2.45) is 0 Å². The summed E-state index contributed by atoms with van der Waals surface area (Å²) in [4.78, 5) is 1.20. The maximum atomic E-state index is 5.49. The van der Waals surface area contributed by atoms with Crippen LogP contribution in [0.15, 0.2) is 23.7 Å². The first-order valence-corrected chi connectivity index (χ1v) is 8.55. The molecule has 2 N–H and O–H groups in total. The molecular weight excluding hydrogens is 312 g/mol. The second kappa shape index (κ2) is 6.61. The van der Waals surface area contributed by atoms with Crippen LogP contribution < -0.4 is 5.32 Å². The van der Waals surface area contributed by atoms with Crippen LogP contribution in [0.5, 0.6) is 0 Å². The standard InChI is InChI=1S/C15H18N6OS/c1-2-12(23-7-1)15-11(9-17-20-15)8-16-10-14-19-18-13-3-5-22-6-4-21(13)14/h1-2,7,9,16H,3-6,8,10H2,(H,17,20). The van der Waals surface area contributed by atoms with Crippen LogP contribution in [0.3, 0.4) is 0 Å². The quantitative estimate of drug-likeness (QED) is 0.742. The average Bonchev–Trinajstić information content (AvgIpc) is 3.27. The Morgan fingerprint density at radius 3 is 3.22 bits per heavy atom. The van der Waals surface area contributed by atoms with Gasteiger partial charge in [-0.2, -0.15) is 5.10 Å². The SMILES string of the molecule is c1csc(-c2[nH]ncc2CNCc2nnc3n2CCOCC3)c1. The van der Waals surface area contributed by atoms with E-state index in [0.29, 0.717) is 6.54 Å². The number of rotatable bonds is 5. The van der Waals surface area contributed by atoms with Crippen molar-refractivity contribution in [3.8, 4) is 10.6 Å². The Kier molecular flexibility index (Phi) is 4.18. The Balaban J connectivity index is 1.42. The predicted molar refractivity (Wildman–Crippen MR) is 87.0 cm³/mol. The highest BCUT2D eigenvalue weighted by molar-refractivity contribution is 7.13. The van der Waals surface area contributed by atoms with Crippen molar-refractivity contribution in [3.63, 3.8) is 0 Å². The zero-order valence-corrected chi connectivity index (χ0v) is 13.5. The fourth-order valence-corrected chi connectivity index (χ4v) is 3.51. The van der Waals surface area contributed by atoms with E-state index < -0.39 is 0 Å². The Bertz CT molecular complexity index is 763. The van der Waals surface area contributed by atoms with Gasteiger partial charge in [0.1, 0.15) is 11.6 Å². The van der Waals surface area contributed by atoms with Crippen LogP contribution >= 0.6 is 11.3 Å². The Labute approximate surface area is 137 Å². The van der Waals surface area contributed by atoms with E-state index in [0.717, 1.165) is 55.6 Å². The van der Waals surface area contributed by atoms with Gasteiger partial charge in [0.05, 0.1) is 36.5 Å². The summed E-state index contributed by atoms with van der Waals surface area (Å²) in [6, 6.07) is 4.14. The zero-order valence-electron chi connectivity index (χ0n) is 12.7. The predicted octanol–water partition coefficient (Wildman–Crippen LogP) is 1.59. The van der Waals surface area contributed by atoms with Crippen molar-refractivity contribution in [1.82, 2.24) is 30.3 Å². The van der Waals surface area contributed by atoms with Gasteiger partial charge in [0.2, 0.25) is 0 Å². The highest BCUT2D eigenvalue weighted by Gasteiger charge is 2.15. The molecule has 23 heavy (non-hydrogen) atoms. The highest BCUT2D eigenvalue weighted by atomic mass is 32.1. The van der Waals surface area contributed by atoms with Gasteiger partial charge < -0.3 is 14.6 Å². The summed E-state index contributed by atoms with van der Waals surface area (Å²) in [5.74, 6) is 1.98. The first-order valence-electron chi connectivity index (χ1n) is 7.67. The number of hydrogen-bond acceptors (Lipinski definition) is 6. The van der Waals surface area contributed by atoms with Gasteiger partial charge in [0.15, 0.2) is 0 Å². The minimum atomic E-state index is 0.683. The van der Waals surface area contributed by atoms with Crippen molar-refractivity contribution in [2.45, 2.75) is 26.1 Å². The molecule has 0 fully saturated rings. The Morgan fingerprint density at radius 2 is 2.30 bits per heavy atom. The molecule has 0 spiro atoms. The number of nitrogens with zero attached hydrogens (tertiary/aromatic N) is 4. The molecule has 4 heterocycles. The van der Waals surface area contributed by atoms with E-state index in [-0.39, 0.29) is 0 Å². The monoisotopic (exact) mass is 330 g/mol. The first-order chi connectivity index (χ1) is 11.4. The fraction of sp³-hybridized carbons (Fsp3) is 0.400. The van der Waals surface area contributed by atoms with Gasteiger partial charge in [0, 0.05) is 25.1 Å². The molecule has 120 valence electrons.